The highest BCUT2D eigenvalue weighted by Gasteiger charge is 2.19. The molecule has 1 atom stereocenters. The molecule has 0 fully saturated rings. The highest BCUT2D eigenvalue weighted by atomic mass is 16.6. The Morgan fingerprint density at radius 1 is 0.368 bits per heavy atom. The van der Waals surface area contributed by atoms with E-state index < -0.39 is 6.10 Å². The van der Waals surface area contributed by atoms with Gasteiger partial charge in [0.25, 0.3) is 0 Å². The van der Waals surface area contributed by atoms with Gasteiger partial charge in [0.2, 0.25) is 0 Å². The van der Waals surface area contributed by atoms with Crippen molar-refractivity contribution in [3.63, 3.8) is 0 Å². The number of allylic oxidation sites excluding steroid dienone is 12. The summed E-state index contributed by atoms with van der Waals surface area (Å²) in [5.41, 5.74) is 0. The van der Waals surface area contributed by atoms with Crippen LogP contribution >= 0.6 is 0 Å². The van der Waals surface area contributed by atoms with Crippen LogP contribution < -0.4 is 0 Å². The van der Waals surface area contributed by atoms with Crippen molar-refractivity contribution in [3.05, 3.63) is 72.9 Å². The Morgan fingerprint density at radius 2 is 0.719 bits per heavy atom. The van der Waals surface area contributed by atoms with Gasteiger partial charge in [-0.1, -0.05) is 209 Å². The predicted molar refractivity (Wildman–Crippen MR) is 242 cm³/mol. The molecule has 0 aromatic rings. The molecule has 0 aliphatic rings. The first kappa shape index (κ1) is 53.9. The highest BCUT2D eigenvalue weighted by Crippen LogP contribution is 2.14. The number of unbranched alkanes of at least 4 members (excludes halogenated alkanes) is 22. The van der Waals surface area contributed by atoms with Crippen LogP contribution in [0.25, 0.3) is 0 Å². The Bertz CT molecular complexity index is 1100. The highest BCUT2D eigenvalue weighted by molar-refractivity contribution is 5.71. The number of hydrogen-bond donors (Lipinski definition) is 0. The summed E-state index contributed by atoms with van der Waals surface area (Å²) in [5, 5.41) is 0. The molecule has 326 valence electrons. The van der Waals surface area contributed by atoms with E-state index in [-0.39, 0.29) is 37.5 Å². The third kappa shape index (κ3) is 43.8. The molecule has 0 spiro atoms. The first-order valence-corrected chi connectivity index (χ1v) is 23.5. The summed E-state index contributed by atoms with van der Waals surface area (Å²) >= 11 is 0. The summed E-state index contributed by atoms with van der Waals surface area (Å²) in [6.07, 6.45) is 56.0. The van der Waals surface area contributed by atoms with Gasteiger partial charge in [-0.3, -0.25) is 14.4 Å². The van der Waals surface area contributed by atoms with E-state index in [4.69, 9.17) is 14.2 Å². The van der Waals surface area contributed by atoms with Crippen LogP contribution in [0, 0.1) is 0 Å². The van der Waals surface area contributed by atoms with Crippen molar-refractivity contribution in [2.24, 2.45) is 0 Å². The van der Waals surface area contributed by atoms with Gasteiger partial charge in [0.15, 0.2) is 6.10 Å². The minimum atomic E-state index is -0.812. The van der Waals surface area contributed by atoms with Crippen LogP contribution in [0.4, 0.5) is 0 Å². The molecule has 0 aliphatic heterocycles. The molecule has 0 aliphatic carbocycles. The lowest BCUT2D eigenvalue weighted by Gasteiger charge is -2.18. The maximum atomic E-state index is 12.7. The second kappa shape index (κ2) is 45.6. The third-order valence-electron chi connectivity index (χ3n) is 9.82. The molecule has 0 amide bonds. The van der Waals surface area contributed by atoms with Crippen LogP contribution in [0.5, 0.6) is 0 Å². The Hall–Kier alpha value is -3.15. The molecule has 0 bridgehead atoms. The van der Waals surface area contributed by atoms with Gasteiger partial charge in [-0.25, -0.2) is 0 Å². The van der Waals surface area contributed by atoms with Gasteiger partial charge in [0, 0.05) is 19.3 Å². The second-order valence-electron chi connectivity index (χ2n) is 15.4. The Kier molecular flexibility index (Phi) is 43.0. The van der Waals surface area contributed by atoms with Gasteiger partial charge in [0.1, 0.15) is 13.2 Å². The average Bonchev–Trinajstić information content (AvgIpc) is 3.21. The van der Waals surface area contributed by atoms with Crippen molar-refractivity contribution in [2.75, 3.05) is 13.2 Å². The van der Waals surface area contributed by atoms with Crippen LogP contribution in [-0.4, -0.2) is 37.2 Å². The van der Waals surface area contributed by atoms with Crippen LogP contribution in [0.2, 0.25) is 0 Å². The Morgan fingerprint density at radius 3 is 1.19 bits per heavy atom. The van der Waals surface area contributed by atoms with Gasteiger partial charge in [-0.2, -0.15) is 0 Å². The zero-order valence-electron chi connectivity index (χ0n) is 37.1. The first-order chi connectivity index (χ1) is 28.0. The molecule has 0 saturated heterocycles. The predicted octanol–water partition coefficient (Wildman–Crippen LogP) is 15.1. The van der Waals surface area contributed by atoms with Crippen LogP contribution in [-0.2, 0) is 28.6 Å². The topological polar surface area (TPSA) is 78.9 Å². The number of carbonyl (C=O) groups excluding carboxylic acids is 3. The molecule has 0 heterocycles. The summed E-state index contributed by atoms with van der Waals surface area (Å²) in [5.74, 6) is -0.992. The fourth-order valence-electron chi connectivity index (χ4n) is 6.29. The van der Waals surface area contributed by atoms with E-state index in [9.17, 15) is 14.4 Å². The molecule has 0 aromatic carbocycles. The van der Waals surface area contributed by atoms with Gasteiger partial charge >= 0.3 is 17.9 Å². The molecule has 0 aromatic heterocycles. The maximum absolute atomic E-state index is 12.7. The minimum absolute atomic E-state index is 0.105. The molecule has 1 unspecified atom stereocenters. The molecule has 6 heteroatoms. The SMILES string of the molecule is CC\C=C/C=C\C=C/C=C\C=C/CCCC(=O)OC(COC(=O)CCCCCCC/C=C\CCCCC)COC(=O)CCCCCCCCCCCCCCCC. The molecule has 6 nitrogen and oxygen atoms in total. The summed E-state index contributed by atoms with van der Waals surface area (Å²) in [4.78, 5) is 37.8. The van der Waals surface area contributed by atoms with E-state index in [1.54, 1.807) is 0 Å². The van der Waals surface area contributed by atoms with Crippen molar-refractivity contribution in [2.45, 2.75) is 219 Å². The first-order valence-electron chi connectivity index (χ1n) is 23.5. The Labute approximate surface area is 351 Å². The molecule has 57 heavy (non-hydrogen) atoms. The summed E-state index contributed by atoms with van der Waals surface area (Å²) < 4.78 is 16.6. The van der Waals surface area contributed by atoms with Crippen molar-refractivity contribution in [3.8, 4) is 0 Å². The number of esters is 3. The molecular weight excluding hydrogens is 709 g/mol. The maximum Gasteiger partial charge on any atom is 0.306 e. The minimum Gasteiger partial charge on any atom is -0.462 e. The van der Waals surface area contributed by atoms with Crippen LogP contribution in [0.15, 0.2) is 72.9 Å². The van der Waals surface area contributed by atoms with E-state index in [2.05, 4.69) is 39.0 Å². The lowest BCUT2D eigenvalue weighted by molar-refractivity contribution is -0.167. The fraction of sp³-hybridized carbons (Fsp3) is 0.706. The zero-order chi connectivity index (χ0) is 41.5. The van der Waals surface area contributed by atoms with Gasteiger partial charge in [0.05, 0.1) is 0 Å². The van der Waals surface area contributed by atoms with E-state index in [1.807, 2.05) is 54.7 Å². The van der Waals surface area contributed by atoms with Crippen molar-refractivity contribution >= 4 is 17.9 Å². The quantitative estimate of drug-likeness (QED) is 0.0202. The lowest BCUT2D eigenvalue weighted by Crippen LogP contribution is -2.30. The average molecular weight is 795 g/mol. The van der Waals surface area contributed by atoms with E-state index in [0.717, 1.165) is 64.2 Å². The number of rotatable bonds is 41. The van der Waals surface area contributed by atoms with Crippen LogP contribution in [0.3, 0.4) is 0 Å². The summed E-state index contributed by atoms with van der Waals surface area (Å²) in [6.45, 7) is 6.39. The molecular formula is C51H86O6. The molecule has 0 radical (unpaired) electrons. The lowest BCUT2D eigenvalue weighted by atomic mass is 10.0. The normalized spacial score (nSPS) is 12.7. The Balaban J connectivity index is 4.49. The standard InChI is InChI=1S/C51H86O6/c1-4-7-10-13-16-19-22-25-27-29-32-35-38-41-44-50(53)56-47-48(46-55-49(52)43-40-37-34-31-28-24-21-18-15-12-9-6-3)57-51(54)45-42-39-36-33-30-26-23-20-17-14-11-8-5-2/h8,11,14,17-18,20-21,23,26,30,33,36,48H,4-7,9-10,12-13,15-16,19,22,24-25,27-29,31-32,34-35,37-47H2,1-3H3/b11-8-,17-14-,21-18-,23-20-,30-26-,36-33-. The monoisotopic (exact) mass is 795 g/mol. The number of hydrogen-bond acceptors (Lipinski definition) is 6. The smallest absolute Gasteiger partial charge is 0.306 e. The van der Waals surface area contributed by atoms with E-state index >= 15 is 0 Å². The summed E-state index contributed by atoms with van der Waals surface area (Å²) in [7, 11) is 0. The fourth-order valence-corrected chi connectivity index (χ4v) is 6.29. The second-order valence-corrected chi connectivity index (χ2v) is 15.4. The third-order valence-corrected chi connectivity index (χ3v) is 9.82. The van der Waals surface area contributed by atoms with Gasteiger partial charge in [-0.15, -0.1) is 0 Å². The molecule has 0 rings (SSSR count). The number of carbonyl (C=O) groups is 3. The van der Waals surface area contributed by atoms with E-state index in [0.29, 0.717) is 19.3 Å². The van der Waals surface area contributed by atoms with Crippen molar-refractivity contribution in [1.29, 1.82) is 0 Å². The zero-order valence-corrected chi connectivity index (χ0v) is 37.1. The van der Waals surface area contributed by atoms with Crippen molar-refractivity contribution in [1.82, 2.24) is 0 Å². The van der Waals surface area contributed by atoms with Gasteiger partial charge in [-0.05, 0) is 57.8 Å². The van der Waals surface area contributed by atoms with Crippen LogP contribution in [0.1, 0.15) is 213 Å². The van der Waals surface area contributed by atoms with Gasteiger partial charge < -0.3 is 14.2 Å². The largest absolute Gasteiger partial charge is 0.462 e. The molecule has 0 saturated carbocycles. The number of ether oxygens (including phenoxy) is 3. The molecule has 0 N–H and O–H groups in total. The van der Waals surface area contributed by atoms with E-state index in [1.165, 1.54) is 103 Å². The van der Waals surface area contributed by atoms with Crippen molar-refractivity contribution < 1.29 is 28.6 Å². The summed E-state index contributed by atoms with van der Waals surface area (Å²) in [6, 6.07) is 0.